The summed E-state index contributed by atoms with van der Waals surface area (Å²) in [5.41, 5.74) is 0.629. The number of hydrogen-bond acceptors (Lipinski definition) is 0. The second kappa shape index (κ2) is 9.83. The van der Waals surface area contributed by atoms with E-state index in [1.54, 1.807) is 0 Å². The summed E-state index contributed by atoms with van der Waals surface area (Å²) in [6.45, 7) is 16.7. The average molecular weight is 269 g/mol. The predicted molar refractivity (Wildman–Crippen MR) is 89.6 cm³/mol. The molecule has 0 N–H and O–H groups in total. The van der Waals surface area contributed by atoms with E-state index in [1.165, 1.54) is 51.4 Å². The van der Waals surface area contributed by atoms with Gasteiger partial charge in [0.1, 0.15) is 0 Å². The summed E-state index contributed by atoms with van der Waals surface area (Å²) >= 11 is 0. The smallest absolute Gasteiger partial charge is 0.0292 e. The molecule has 2 atom stereocenters. The van der Waals surface area contributed by atoms with Crippen LogP contribution < -0.4 is 0 Å². The van der Waals surface area contributed by atoms with E-state index in [2.05, 4.69) is 48.5 Å². The molecule has 0 heteroatoms. The first-order chi connectivity index (χ1) is 8.85. The zero-order chi connectivity index (χ0) is 14.9. The molecule has 116 valence electrons. The lowest BCUT2D eigenvalue weighted by Crippen LogP contribution is -2.26. The number of rotatable bonds is 11. The molecule has 0 aromatic rings. The molecule has 0 aliphatic heterocycles. The third-order valence-corrected chi connectivity index (χ3v) is 4.63. The first kappa shape index (κ1) is 19.0. The van der Waals surface area contributed by atoms with Crippen LogP contribution in [0.5, 0.6) is 0 Å². The molecule has 0 spiro atoms. The molecule has 0 bridgehead atoms. The van der Waals surface area contributed by atoms with Gasteiger partial charge in [0.2, 0.25) is 0 Å². The Kier molecular flexibility index (Phi) is 9.83. The van der Waals surface area contributed by atoms with Crippen LogP contribution in [0.1, 0.15) is 99.8 Å². The minimum atomic E-state index is 0.629. The van der Waals surface area contributed by atoms with E-state index in [1.807, 2.05) is 0 Å². The maximum absolute atomic E-state index is 2.45. The molecule has 0 saturated carbocycles. The minimum Gasteiger partial charge on any atom is -0.0654 e. The Balaban J connectivity index is 4.83. The van der Waals surface area contributed by atoms with Crippen molar-refractivity contribution in [3.8, 4) is 0 Å². The average Bonchev–Trinajstić information content (AvgIpc) is 2.33. The van der Waals surface area contributed by atoms with Gasteiger partial charge < -0.3 is 0 Å². The number of unbranched alkanes of at least 4 members (excludes halogenated alkanes) is 1. The van der Waals surface area contributed by atoms with E-state index in [-0.39, 0.29) is 0 Å². The standard InChI is InChI=1S/C19H40/c1-8-10-12-19(14-17(5)6,13-11-16(3)4)15-18(7)9-2/h16-18H,8-15H2,1-7H3. The van der Waals surface area contributed by atoms with Gasteiger partial charge in [-0.2, -0.15) is 0 Å². The lowest BCUT2D eigenvalue weighted by atomic mass is 9.67. The van der Waals surface area contributed by atoms with Crippen LogP contribution in [-0.2, 0) is 0 Å². The van der Waals surface area contributed by atoms with Crippen LogP contribution in [0.4, 0.5) is 0 Å². The fourth-order valence-electron chi connectivity index (χ4n) is 3.51. The summed E-state index contributed by atoms with van der Waals surface area (Å²) in [7, 11) is 0. The fourth-order valence-corrected chi connectivity index (χ4v) is 3.51. The van der Waals surface area contributed by atoms with Gasteiger partial charge in [0, 0.05) is 0 Å². The monoisotopic (exact) mass is 268 g/mol. The van der Waals surface area contributed by atoms with Crippen molar-refractivity contribution in [3.05, 3.63) is 0 Å². The highest BCUT2D eigenvalue weighted by Gasteiger charge is 2.31. The zero-order valence-electron chi connectivity index (χ0n) is 14.9. The summed E-state index contributed by atoms with van der Waals surface area (Å²) in [6.07, 6.45) is 11.3. The van der Waals surface area contributed by atoms with E-state index < -0.39 is 0 Å². The van der Waals surface area contributed by atoms with E-state index >= 15 is 0 Å². The van der Waals surface area contributed by atoms with Gasteiger partial charge in [0.15, 0.2) is 0 Å². The topological polar surface area (TPSA) is 0 Å². The van der Waals surface area contributed by atoms with Gasteiger partial charge in [-0.3, -0.25) is 0 Å². The third-order valence-electron chi connectivity index (χ3n) is 4.63. The normalized spacial score (nSPS) is 16.9. The van der Waals surface area contributed by atoms with Crippen LogP contribution in [0, 0.1) is 23.2 Å². The number of hydrogen-bond donors (Lipinski definition) is 0. The van der Waals surface area contributed by atoms with Crippen molar-refractivity contribution in [2.24, 2.45) is 23.2 Å². The molecule has 2 unspecified atom stereocenters. The maximum Gasteiger partial charge on any atom is -0.0292 e. The zero-order valence-corrected chi connectivity index (χ0v) is 14.9. The van der Waals surface area contributed by atoms with Crippen molar-refractivity contribution >= 4 is 0 Å². The molecule has 0 aromatic heterocycles. The molecular formula is C19H40. The van der Waals surface area contributed by atoms with Crippen molar-refractivity contribution in [1.29, 1.82) is 0 Å². The Morgan fingerprint density at radius 2 is 1.42 bits per heavy atom. The van der Waals surface area contributed by atoms with E-state index in [0.717, 1.165) is 17.8 Å². The SMILES string of the molecule is CCCCC(CCC(C)C)(CC(C)C)CC(C)CC. The van der Waals surface area contributed by atoms with Gasteiger partial charge in [0.25, 0.3) is 0 Å². The highest BCUT2D eigenvalue weighted by Crippen LogP contribution is 2.44. The third kappa shape index (κ3) is 8.71. The van der Waals surface area contributed by atoms with Crippen LogP contribution >= 0.6 is 0 Å². The van der Waals surface area contributed by atoms with Crippen LogP contribution in [0.3, 0.4) is 0 Å². The van der Waals surface area contributed by atoms with Crippen LogP contribution in [-0.4, -0.2) is 0 Å². The van der Waals surface area contributed by atoms with Crippen LogP contribution in [0.15, 0.2) is 0 Å². The highest BCUT2D eigenvalue weighted by molar-refractivity contribution is 4.83. The van der Waals surface area contributed by atoms with E-state index in [4.69, 9.17) is 0 Å². The Hall–Kier alpha value is 0. The Morgan fingerprint density at radius 3 is 1.84 bits per heavy atom. The van der Waals surface area contributed by atoms with E-state index in [9.17, 15) is 0 Å². The molecule has 0 heterocycles. The molecule has 0 aliphatic carbocycles. The van der Waals surface area contributed by atoms with Crippen molar-refractivity contribution in [2.45, 2.75) is 99.8 Å². The minimum absolute atomic E-state index is 0.629. The summed E-state index contributed by atoms with van der Waals surface area (Å²) < 4.78 is 0. The predicted octanol–water partition coefficient (Wildman–Crippen LogP) is 7.08. The van der Waals surface area contributed by atoms with Crippen molar-refractivity contribution in [1.82, 2.24) is 0 Å². The second-order valence-corrected chi connectivity index (χ2v) is 7.85. The summed E-state index contributed by atoms with van der Waals surface area (Å²) in [5, 5.41) is 0. The lowest BCUT2D eigenvalue weighted by molar-refractivity contribution is 0.130. The van der Waals surface area contributed by atoms with E-state index in [0.29, 0.717) is 5.41 Å². The second-order valence-electron chi connectivity index (χ2n) is 7.85. The van der Waals surface area contributed by atoms with Gasteiger partial charge in [-0.25, -0.2) is 0 Å². The molecule has 19 heavy (non-hydrogen) atoms. The first-order valence-electron chi connectivity index (χ1n) is 8.85. The largest absolute Gasteiger partial charge is 0.0654 e. The molecule has 0 nitrogen and oxygen atoms in total. The first-order valence-corrected chi connectivity index (χ1v) is 8.85. The molecule has 0 amide bonds. The molecule has 0 aromatic carbocycles. The molecule has 0 saturated heterocycles. The van der Waals surface area contributed by atoms with Gasteiger partial charge in [-0.1, -0.05) is 74.1 Å². The van der Waals surface area contributed by atoms with Gasteiger partial charge in [0.05, 0.1) is 0 Å². The van der Waals surface area contributed by atoms with Crippen LogP contribution in [0.2, 0.25) is 0 Å². The summed E-state index contributed by atoms with van der Waals surface area (Å²) in [6, 6.07) is 0. The van der Waals surface area contributed by atoms with Crippen molar-refractivity contribution < 1.29 is 0 Å². The quantitative estimate of drug-likeness (QED) is 0.375. The molecule has 0 aliphatic rings. The van der Waals surface area contributed by atoms with Gasteiger partial charge >= 0.3 is 0 Å². The lowest BCUT2D eigenvalue weighted by Gasteiger charge is -2.38. The van der Waals surface area contributed by atoms with Crippen molar-refractivity contribution in [2.75, 3.05) is 0 Å². The fraction of sp³-hybridized carbons (Fsp3) is 1.00. The maximum atomic E-state index is 2.45. The summed E-state index contributed by atoms with van der Waals surface area (Å²) in [4.78, 5) is 0. The van der Waals surface area contributed by atoms with Crippen LogP contribution in [0.25, 0.3) is 0 Å². The molecule has 0 rings (SSSR count). The molecule has 0 fully saturated rings. The van der Waals surface area contributed by atoms with Crippen molar-refractivity contribution in [3.63, 3.8) is 0 Å². The Morgan fingerprint density at radius 1 is 0.789 bits per heavy atom. The van der Waals surface area contributed by atoms with Gasteiger partial charge in [-0.15, -0.1) is 0 Å². The Bertz CT molecular complexity index is 204. The molecular weight excluding hydrogens is 228 g/mol. The molecule has 0 radical (unpaired) electrons. The van der Waals surface area contributed by atoms with Gasteiger partial charge in [-0.05, 0) is 48.9 Å². The highest BCUT2D eigenvalue weighted by atomic mass is 14.4. The summed E-state index contributed by atoms with van der Waals surface area (Å²) in [5.74, 6) is 2.58. The Labute approximate surface area is 123 Å².